The number of amides is 1. The molecule has 21 heavy (non-hydrogen) atoms. The van der Waals surface area contributed by atoms with Gasteiger partial charge >= 0.3 is 0 Å². The predicted molar refractivity (Wildman–Crippen MR) is 72.8 cm³/mol. The van der Waals surface area contributed by atoms with Crippen molar-refractivity contribution >= 4 is 5.91 Å². The summed E-state index contributed by atoms with van der Waals surface area (Å²) in [4.78, 5) is 16.6. The van der Waals surface area contributed by atoms with Crippen LogP contribution in [0.2, 0.25) is 0 Å². The van der Waals surface area contributed by atoms with Crippen LogP contribution in [0.5, 0.6) is 5.75 Å². The van der Waals surface area contributed by atoms with E-state index in [1.165, 1.54) is 18.0 Å². The molecule has 0 radical (unpaired) electrons. The highest BCUT2D eigenvalue weighted by Crippen LogP contribution is 2.28. The van der Waals surface area contributed by atoms with Gasteiger partial charge in [-0.15, -0.1) is 0 Å². The van der Waals surface area contributed by atoms with E-state index in [1.807, 2.05) is 0 Å². The number of aromatic hydroxyl groups is 1. The number of aromatic nitrogens is 1. The maximum atomic E-state index is 13.6. The summed E-state index contributed by atoms with van der Waals surface area (Å²) in [6, 6.07) is 7.15. The lowest BCUT2D eigenvalue weighted by Gasteiger charge is -2.26. The largest absolute Gasteiger partial charge is 0.508 e. The van der Waals surface area contributed by atoms with E-state index in [1.54, 1.807) is 25.1 Å². The molecule has 4 nitrogen and oxygen atoms in total. The second-order valence-corrected chi connectivity index (χ2v) is 4.61. The number of hydrogen-bond acceptors (Lipinski definition) is 3. The van der Waals surface area contributed by atoms with Crippen LogP contribution in [0, 0.1) is 11.8 Å². The number of halogens is 2. The fourth-order valence-corrected chi connectivity index (χ4v) is 2.00. The number of hydrogen-bond donors (Lipinski definition) is 1. The van der Waals surface area contributed by atoms with Crippen molar-refractivity contribution in [1.29, 1.82) is 0 Å². The molecule has 0 fully saturated rings. The lowest BCUT2D eigenvalue weighted by Crippen LogP contribution is -2.30. The molecular formula is C15H14F2N2O2. The van der Waals surface area contributed by atoms with E-state index < -0.39 is 29.3 Å². The Hall–Kier alpha value is -2.50. The summed E-state index contributed by atoms with van der Waals surface area (Å²) in [5.41, 5.74) is 0.121. The minimum atomic E-state index is -1.32. The van der Waals surface area contributed by atoms with Gasteiger partial charge in [0.25, 0.3) is 5.91 Å². The van der Waals surface area contributed by atoms with E-state index in [4.69, 9.17) is 0 Å². The van der Waals surface area contributed by atoms with Crippen LogP contribution < -0.4 is 0 Å². The predicted octanol–water partition coefficient (Wildman–Crippen LogP) is 2.90. The van der Waals surface area contributed by atoms with Crippen molar-refractivity contribution in [3.05, 3.63) is 59.4 Å². The van der Waals surface area contributed by atoms with E-state index in [2.05, 4.69) is 4.98 Å². The molecule has 0 spiro atoms. The van der Waals surface area contributed by atoms with Gasteiger partial charge in [0.2, 0.25) is 5.95 Å². The van der Waals surface area contributed by atoms with Crippen molar-refractivity contribution in [1.82, 2.24) is 9.88 Å². The van der Waals surface area contributed by atoms with Gasteiger partial charge in [0.05, 0.1) is 11.6 Å². The van der Waals surface area contributed by atoms with Crippen LogP contribution in [-0.4, -0.2) is 27.9 Å². The highest BCUT2D eigenvalue weighted by Gasteiger charge is 2.24. The topological polar surface area (TPSA) is 53.4 Å². The number of para-hydroxylation sites is 1. The fourth-order valence-electron chi connectivity index (χ4n) is 2.00. The molecule has 0 aliphatic heterocycles. The molecule has 1 aromatic carbocycles. The van der Waals surface area contributed by atoms with E-state index in [9.17, 15) is 18.7 Å². The van der Waals surface area contributed by atoms with Crippen LogP contribution in [0.3, 0.4) is 0 Å². The summed E-state index contributed by atoms with van der Waals surface area (Å²) in [6.07, 6.45) is 1.03. The van der Waals surface area contributed by atoms with E-state index >= 15 is 0 Å². The second kappa shape index (κ2) is 5.87. The first-order valence-corrected chi connectivity index (χ1v) is 6.28. The highest BCUT2D eigenvalue weighted by atomic mass is 19.2. The molecule has 2 rings (SSSR count). The van der Waals surface area contributed by atoms with Gasteiger partial charge in [-0.3, -0.25) is 4.79 Å². The van der Waals surface area contributed by atoms with Gasteiger partial charge in [-0.1, -0.05) is 18.2 Å². The number of carbonyl (C=O) groups excluding carboxylic acids is 1. The first-order valence-electron chi connectivity index (χ1n) is 6.28. The van der Waals surface area contributed by atoms with Gasteiger partial charge < -0.3 is 10.0 Å². The molecule has 0 saturated carbocycles. The monoisotopic (exact) mass is 292 g/mol. The van der Waals surface area contributed by atoms with Crippen LogP contribution in [0.25, 0.3) is 0 Å². The molecule has 1 N–H and O–H groups in total. The maximum Gasteiger partial charge on any atom is 0.257 e. The Bertz CT molecular complexity index is 676. The Morgan fingerprint density at radius 1 is 1.29 bits per heavy atom. The molecule has 0 aliphatic rings. The Morgan fingerprint density at radius 3 is 2.62 bits per heavy atom. The quantitative estimate of drug-likeness (QED) is 0.885. The summed E-state index contributed by atoms with van der Waals surface area (Å²) in [6.45, 7) is 1.68. The number of benzene rings is 1. The molecule has 1 atom stereocenters. The van der Waals surface area contributed by atoms with E-state index in [0.717, 1.165) is 12.3 Å². The fraction of sp³-hybridized carbons (Fsp3) is 0.200. The van der Waals surface area contributed by atoms with Gasteiger partial charge in [-0.05, 0) is 19.1 Å². The van der Waals surface area contributed by atoms with Crippen molar-refractivity contribution in [2.75, 3.05) is 7.05 Å². The van der Waals surface area contributed by atoms with Crippen molar-refractivity contribution in [2.45, 2.75) is 13.0 Å². The summed E-state index contributed by atoms with van der Waals surface area (Å²) >= 11 is 0. The summed E-state index contributed by atoms with van der Waals surface area (Å²) in [7, 11) is 1.46. The van der Waals surface area contributed by atoms with Gasteiger partial charge in [-0.2, -0.15) is 4.39 Å². The van der Waals surface area contributed by atoms with E-state index in [0.29, 0.717) is 5.56 Å². The normalized spacial score (nSPS) is 12.0. The van der Waals surface area contributed by atoms with Crippen molar-refractivity contribution in [3.63, 3.8) is 0 Å². The van der Waals surface area contributed by atoms with Crippen LogP contribution in [0.1, 0.15) is 28.9 Å². The third kappa shape index (κ3) is 2.84. The van der Waals surface area contributed by atoms with Crippen LogP contribution in [-0.2, 0) is 0 Å². The summed E-state index contributed by atoms with van der Waals surface area (Å²) in [5.74, 6) is -3.25. The van der Waals surface area contributed by atoms with Gasteiger partial charge in [0.15, 0.2) is 5.82 Å². The average molecular weight is 292 g/mol. The van der Waals surface area contributed by atoms with E-state index in [-0.39, 0.29) is 5.75 Å². The molecule has 1 heterocycles. The molecule has 2 aromatic rings. The van der Waals surface area contributed by atoms with Crippen molar-refractivity contribution in [2.24, 2.45) is 0 Å². The Morgan fingerprint density at radius 2 is 1.95 bits per heavy atom. The Kier molecular flexibility index (Phi) is 4.16. The molecule has 1 amide bonds. The number of carbonyl (C=O) groups is 1. The lowest BCUT2D eigenvalue weighted by molar-refractivity contribution is 0.0735. The third-order valence-corrected chi connectivity index (χ3v) is 3.37. The number of rotatable bonds is 3. The van der Waals surface area contributed by atoms with Gasteiger partial charge in [0, 0.05) is 18.8 Å². The molecule has 1 unspecified atom stereocenters. The Labute approximate surface area is 120 Å². The van der Waals surface area contributed by atoms with Gasteiger partial charge in [0.1, 0.15) is 5.75 Å². The zero-order chi connectivity index (χ0) is 15.6. The van der Waals surface area contributed by atoms with Crippen LogP contribution in [0.4, 0.5) is 8.78 Å². The molecular weight excluding hydrogens is 278 g/mol. The minimum Gasteiger partial charge on any atom is -0.508 e. The molecule has 1 aromatic heterocycles. The molecule has 0 saturated heterocycles. The first kappa shape index (κ1) is 14.9. The first-order chi connectivity index (χ1) is 9.93. The number of phenols is 1. The third-order valence-electron chi connectivity index (χ3n) is 3.37. The number of pyridine rings is 1. The summed E-state index contributed by atoms with van der Waals surface area (Å²) < 4.78 is 26.7. The highest BCUT2D eigenvalue weighted by molar-refractivity contribution is 5.94. The number of nitrogens with zero attached hydrogens (tertiary/aromatic N) is 2. The summed E-state index contributed by atoms with van der Waals surface area (Å²) in [5, 5.41) is 9.80. The van der Waals surface area contributed by atoms with Crippen molar-refractivity contribution < 1.29 is 18.7 Å². The molecule has 110 valence electrons. The zero-order valence-electron chi connectivity index (χ0n) is 11.5. The van der Waals surface area contributed by atoms with Gasteiger partial charge in [-0.25, -0.2) is 9.37 Å². The molecule has 0 aliphatic carbocycles. The average Bonchev–Trinajstić information content (AvgIpc) is 2.48. The smallest absolute Gasteiger partial charge is 0.257 e. The minimum absolute atomic E-state index is 0.0334. The van der Waals surface area contributed by atoms with Crippen LogP contribution >= 0.6 is 0 Å². The van der Waals surface area contributed by atoms with Crippen LogP contribution in [0.15, 0.2) is 36.5 Å². The maximum absolute atomic E-state index is 13.6. The van der Waals surface area contributed by atoms with Crippen molar-refractivity contribution in [3.8, 4) is 5.75 Å². The zero-order valence-corrected chi connectivity index (χ0v) is 11.5. The molecule has 6 heteroatoms. The second-order valence-electron chi connectivity index (χ2n) is 4.61. The standard InChI is InChI=1S/C15H14F2N2O2/c1-9(10-5-3-4-6-12(10)20)19(2)15(21)11-7-8-18-14(17)13(11)16/h3-9,20H,1-2H3. The molecule has 0 bridgehead atoms. The lowest BCUT2D eigenvalue weighted by atomic mass is 10.1. The Balaban J connectivity index is 2.31. The SMILES string of the molecule is CC(c1ccccc1O)N(C)C(=O)c1ccnc(F)c1F. The number of phenolic OH excluding ortho intramolecular Hbond substituents is 1.